The fourth-order valence-corrected chi connectivity index (χ4v) is 2.68. The summed E-state index contributed by atoms with van der Waals surface area (Å²) in [6, 6.07) is 9.99. The van der Waals surface area contributed by atoms with Crippen molar-refractivity contribution in [1.82, 2.24) is 0 Å². The molecule has 0 aromatic heterocycles. The fourth-order valence-electron chi connectivity index (χ4n) is 2.39. The van der Waals surface area contributed by atoms with Gasteiger partial charge in [0, 0.05) is 24.2 Å². The number of urea groups is 1. The van der Waals surface area contributed by atoms with E-state index in [1.165, 1.54) is 0 Å². The number of rotatable bonds is 6. The van der Waals surface area contributed by atoms with Crippen LogP contribution < -0.4 is 10.6 Å². The largest absolute Gasteiger partial charge is 0.323 e. The second-order valence-electron chi connectivity index (χ2n) is 5.81. The molecule has 0 spiro atoms. The lowest BCUT2D eigenvalue weighted by Gasteiger charge is -2.11. The summed E-state index contributed by atoms with van der Waals surface area (Å²) in [5.41, 5.74) is 3.12. The first-order chi connectivity index (χ1) is 11.9. The predicted octanol–water partition coefficient (Wildman–Crippen LogP) is 5.86. The topological polar surface area (TPSA) is 58.2 Å². The number of carbonyl (C=O) groups excluding carboxylic acids is 2. The van der Waals surface area contributed by atoms with Gasteiger partial charge in [0.2, 0.25) is 0 Å². The van der Waals surface area contributed by atoms with E-state index in [4.69, 9.17) is 23.2 Å². The SMILES string of the molecule is CCCC(=O)Cc1cc(NC(=O)Nc2ccc(Cl)c(Cl)c2)ccc1C. The molecule has 2 aromatic carbocycles. The average Bonchev–Trinajstić information content (AvgIpc) is 2.54. The molecule has 0 saturated carbocycles. The molecule has 0 aliphatic carbocycles. The average molecular weight is 379 g/mol. The van der Waals surface area contributed by atoms with Crippen LogP contribution in [0.2, 0.25) is 10.0 Å². The molecule has 0 bridgehead atoms. The van der Waals surface area contributed by atoms with E-state index in [0.29, 0.717) is 34.3 Å². The Kier molecular flexibility index (Phi) is 6.85. The normalized spacial score (nSPS) is 10.4. The third-order valence-corrected chi connectivity index (χ3v) is 4.44. The molecule has 2 N–H and O–H groups in total. The molecule has 0 heterocycles. The first-order valence-electron chi connectivity index (χ1n) is 8.03. The van der Waals surface area contributed by atoms with Crippen LogP contribution in [0.25, 0.3) is 0 Å². The maximum absolute atomic E-state index is 12.1. The standard InChI is InChI=1S/C19H20Cl2N2O2/c1-3-4-16(24)10-13-9-14(6-5-12(13)2)22-19(25)23-15-7-8-17(20)18(21)11-15/h5-9,11H,3-4,10H2,1-2H3,(H2,22,23,25). The van der Waals surface area contributed by atoms with Crippen LogP contribution >= 0.6 is 23.2 Å². The summed E-state index contributed by atoms with van der Waals surface area (Å²) in [6.07, 6.45) is 1.78. The van der Waals surface area contributed by atoms with Crippen LogP contribution in [0.4, 0.5) is 16.2 Å². The lowest BCUT2D eigenvalue weighted by Crippen LogP contribution is -2.19. The van der Waals surface area contributed by atoms with Crippen molar-refractivity contribution in [3.8, 4) is 0 Å². The zero-order chi connectivity index (χ0) is 18.4. The highest BCUT2D eigenvalue weighted by Gasteiger charge is 2.09. The Morgan fingerprint density at radius 3 is 2.24 bits per heavy atom. The Morgan fingerprint density at radius 1 is 0.960 bits per heavy atom. The van der Waals surface area contributed by atoms with Crippen molar-refractivity contribution in [1.29, 1.82) is 0 Å². The molecule has 2 amide bonds. The summed E-state index contributed by atoms with van der Waals surface area (Å²) >= 11 is 11.8. The lowest BCUT2D eigenvalue weighted by atomic mass is 10.0. The molecule has 6 heteroatoms. The molecule has 25 heavy (non-hydrogen) atoms. The number of aryl methyl sites for hydroxylation is 1. The minimum atomic E-state index is -0.395. The predicted molar refractivity (Wildman–Crippen MR) is 104 cm³/mol. The van der Waals surface area contributed by atoms with E-state index >= 15 is 0 Å². The number of hydrogen-bond acceptors (Lipinski definition) is 2. The lowest BCUT2D eigenvalue weighted by molar-refractivity contribution is -0.118. The van der Waals surface area contributed by atoms with Gasteiger partial charge in [-0.2, -0.15) is 0 Å². The Balaban J connectivity index is 2.05. The summed E-state index contributed by atoms with van der Waals surface area (Å²) < 4.78 is 0. The van der Waals surface area contributed by atoms with E-state index in [2.05, 4.69) is 10.6 Å². The number of hydrogen-bond donors (Lipinski definition) is 2. The highest BCUT2D eigenvalue weighted by molar-refractivity contribution is 6.42. The maximum atomic E-state index is 12.1. The van der Waals surface area contributed by atoms with Gasteiger partial charge in [0.1, 0.15) is 5.78 Å². The molecule has 0 unspecified atom stereocenters. The van der Waals surface area contributed by atoms with Crippen molar-refractivity contribution in [3.05, 3.63) is 57.6 Å². The zero-order valence-corrected chi connectivity index (χ0v) is 15.7. The first-order valence-corrected chi connectivity index (χ1v) is 8.79. The molecule has 0 saturated heterocycles. The van der Waals surface area contributed by atoms with E-state index in [0.717, 1.165) is 17.5 Å². The van der Waals surface area contributed by atoms with Crippen molar-refractivity contribution < 1.29 is 9.59 Å². The summed E-state index contributed by atoms with van der Waals surface area (Å²) in [4.78, 5) is 24.0. The van der Waals surface area contributed by atoms with E-state index in [9.17, 15) is 9.59 Å². The highest BCUT2D eigenvalue weighted by atomic mass is 35.5. The van der Waals surface area contributed by atoms with E-state index in [1.807, 2.05) is 26.0 Å². The van der Waals surface area contributed by atoms with E-state index < -0.39 is 6.03 Å². The van der Waals surface area contributed by atoms with Crippen molar-refractivity contribution in [2.24, 2.45) is 0 Å². The summed E-state index contributed by atoms with van der Waals surface area (Å²) in [5, 5.41) is 6.24. The third-order valence-electron chi connectivity index (χ3n) is 3.70. The van der Waals surface area contributed by atoms with Gasteiger partial charge in [0.25, 0.3) is 0 Å². The van der Waals surface area contributed by atoms with Crippen molar-refractivity contribution in [2.75, 3.05) is 10.6 Å². The van der Waals surface area contributed by atoms with Gasteiger partial charge >= 0.3 is 6.03 Å². The van der Waals surface area contributed by atoms with Crippen LogP contribution in [0.1, 0.15) is 30.9 Å². The summed E-state index contributed by atoms with van der Waals surface area (Å²) in [6.45, 7) is 3.93. The molecule has 4 nitrogen and oxygen atoms in total. The van der Waals surface area contributed by atoms with Crippen molar-refractivity contribution >= 4 is 46.4 Å². The molecule has 0 radical (unpaired) electrons. The van der Waals surface area contributed by atoms with Crippen LogP contribution in [0.3, 0.4) is 0 Å². The third kappa shape index (κ3) is 5.76. The van der Waals surface area contributed by atoms with Gasteiger partial charge in [0.05, 0.1) is 10.0 Å². The molecule has 0 aliphatic heterocycles. The van der Waals surface area contributed by atoms with Crippen LogP contribution in [0.5, 0.6) is 0 Å². The van der Waals surface area contributed by atoms with E-state index in [1.54, 1.807) is 24.3 Å². The number of Topliss-reactive ketones (excluding diaryl/α,β-unsaturated/α-hetero) is 1. The zero-order valence-electron chi connectivity index (χ0n) is 14.2. The number of benzene rings is 2. The van der Waals surface area contributed by atoms with Gasteiger partial charge in [-0.1, -0.05) is 36.2 Å². The molecule has 132 valence electrons. The molecule has 0 atom stereocenters. The van der Waals surface area contributed by atoms with Gasteiger partial charge in [-0.3, -0.25) is 4.79 Å². The van der Waals surface area contributed by atoms with Crippen molar-refractivity contribution in [2.45, 2.75) is 33.1 Å². The van der Waals surface area contributed by atoms with Crippen LogP contribution in [0, 0.1) is 6.92 Å². The minimum Gasteiger partial charge on any atom is -0.308 e. The number of halogens is 2. The molecular weight excluding hydrogens is 359 g/mol. The minimum absolute atomic E-state index is 0.197. The number of carbonyl (C=O) groups is 2. The first kappa shape index (κ1) is 19.3. The number of amides is 2. The monoisotopic (exact) mass is 378 g/mol. The van der Waals surface area contributed by atoms with Crippen LogP contribution in [-0.4, -0.2) is 11.8 Å². The van der Waals surface area contributed by atoms with Gasteiger partial charge in [-0.05, 0) is 54.8 Å². The molecule has 0 aliphatic rings. The molecule has 2 rings (SSSR count). The summed E-state index contributed by atoms with van der Waals surface area (Å²) in [5.74, 6) is 0.197. The maximum Gasteiger partial charge on any atom is 0.323 e. The van der Waals surface area contributed by atoms with Gasteiger partial charge in [0.15, 0.2) is 0 Å². The Hall–Kier alpha value is -2.04. The molecular formula is C19H20Cl2N2O2. The van der Waals surface area contributed by atoms with Gasteiger partial charge in [-0.15, -0.1) is 0 Å². The van der Waals surface area contributed by atoms with Crippen LogP contribution in [-0.2, 0) is 11.2 Å². The Morgan fingerprint density at radius 2 is 1.60 bits per heavy atom. The molecule has 2 aromatic rings. The smallest absolute Gasteiger partial charge is 0.308 e. The number of ketones is 1. The van der Waals surface area contributed by atoms with Gasteiger partial charge < -0.3 is 10.6 Å². The fraction of sp³-hybridized carbons (Fsp3) is 0.263. The quantitative estimate of drug-likeness (QED) is 0.661. The number of anilines is 2. The van der Waals surface area contributed by atoms with Gasteiger partial charge in [-0.25, -0.2) is 4.79 Å². The molecule has 0 fully saturated rings. The summed E-state index contributed by atoms with van der Waals surface area (Å²) in [7, 11) is 0. The number of nitrogens with one attached hydrogen (secondary N) is 2. The Labute approximate surface area is 157 Å². The van der Waals surface area contributed by atoms with E-state index in [-0.39, 0.29) is 5.78 Å². The second-order valence-corrected chi connectivity index (χ2v) is 6.63. The van der Waals surface area contributed by atoms with Crippen LogP contribution in [0.15, 0.2) is 36.4 Å². The highest BCUT2D eigenvalue weighted by Crippen LogP contribution is 2.25. The Bertz CT molecular complexity index is 791. The second kappa shape index (κ2) is 8.88. The van der Waals surface area contributed by atoms with Crippen molar-refractivity contribution in [3.63, 3.8) is 0 Å².